The molecule has 6 nitrogen and oxygen atoms in total. The fourth-order valence-corrected chi connectivity index (χ4v) is 5.29. The Labute approximate surface area is 171 Å². The van der Waals surface area contributed by atoms with E-state index in [2.05, 4.69) is 5.32 Å². The largest absolute Gasteiger partial charge is 0.323 e. The maximum Gasteiger partial charge on any atom is 0.282 e. The van der Waals surface area contributed by atoms with E-state index in [-0.39, 0.29) is 17.8 Å². The lowest BCUT2D eigenvalue weighted by molar-refractivity contribution is -0.917. The average molecular weight is 421 g/mol. The Morgan fingerprint density at radius 3 is 2.34 bits per heavy atom. The molecule has 1 heterocycles. The van der Waals surface area contributed by atoms with Gasteiger partial charge in [-0.25, -0.2) is 12.8 Å². The molecule has 1 aliphatic heterocycles. The third-order valence-corrected chi connectivity index (χ3v) is 7.48. The van der Waals surface area contributed by atoms with Crippen LogP contribution in [0.4, 0.5) is 10.1 Å². The van der Waals surface area contributed by atoms with Crippen LogP contribution in [0.25, 0.3) is 0 Å². The predicted molar refractivity (Wildman–Crippen MR) is 110 cm³/mol. The number of aryl methyl sites for hydroxylation is 2. The number of nitrogens with one attached hydrogen (secondary N) is 2. The lowest BCUT2D eigenvalue weighted by Crippen LogP contribution is -3.19. The van der Waals surface area contributed by atoms with Crippen molar-refractivity contribution in [2.45, 2.75) is 31.7 Å². The summed E-state index contributed by atoms with van der Waals surface area (Å²) >= 11 is 0. The van der Waals surface area contributed by atoms with Gasteiger partial charge in [0.1, 0.15) is 5.82 Å². The fraction of sp³-hybridized carbons (Fsp3) is 0.381. The first kappa shape index (κ1) is 21.4. The summed E-state index contributed by atoms with van der Waals surface area (Å²) in [6.07, 6.45) is 0. The number of quaternary nitrogens is 1. The zero-order valence-electron chi connectivity index (χ0n) is 16.9. The van der Waals surface area contributed by atoms with Crippen molar-refractivity contribution in [3.05, 3.63) is 59.4 Å². The lowest BCUT2D eigenvalue weighted by Gasteiger charge is -2.34. The van der Waals surface area contributed by atoms with Crippen molar-refractivity contribution in [3.63, 3.8) is 0 Å². The molecule has 0 radical (unpaired) electrons. The molecule has 0 unspecified atom stereocenters. The minimum Gasteiger partial charge on any atom is -0.323 e. The Morgan fingerprint density at radius 1 is 1.10 bits per heavy atom. The van der Waals surface area contributed by atoms with Gasteiger partial charge in [-0.1, -0.05) is 12.1 Å². The standard InChI is InChI=1S/C21H26FN3O3S/c1-15-4-5-16(2)20(14-15)29(27,28)25-12-10-24(11-13-25)17(3)21(26)23-19-8-6-18(22)7-9-19/h4-9,14,17H,10-13H2,1-3H3,(H,23,26)/p+1/t17-/m0/s1. The number of amides is 1. The first-order valence-electron chi connectivity index (χ1n) is 9.67. The Morgan fingerprint density at radius 2 is 1.72 bits per heavy atom. The van der Waals surface area contributed by atoms with Gasteiger partial charge in [0.2, 0.25) is 10.0 Å². The summed E-state index contributed by atoms with van der Waals surface area (Å²) in [6.45, 7) is 7.31. The molecule has 2 aromatic carbocycles. The molecule has 0 saturated carbocycles. The van der Waals surface area contributed by atoms with Crippen molar-refractivity contribution in [1.29, 1.82) is 0 Å². The summed E-state index contributed by atoms with van der Waals surface area (Å²) in [5.74, 6) is -0.528. The smallest absolute Gasteiger partial charge is 0.282 e. The van der Waals surface area contributed by atoms with Crippen LogP contribution in [-0.4, -0.2) is 50.9 Å². The lowest BCUT2D eigenvalue weighted by atomic mass is 10.2. The Hall–Kier alpha value is -2.29. The van der Waals surface area contributed by atoms with Crippen LogP contribution in [0.2, 0.25) is 0 Å². The van der Waals surface area contributed by atoms with Crippen molar-refractivity contribution in [3.8, 4) is 0 Å². The topological polar surface area (TPSA) is 70.9 Å². The van der Waals surface area contributed by atoms with E-state index in [1.165, 1.54) is 28.6 Å². The van der Waals surface area contributed by atoms with Gasteiger partial charge < -0.3 is 10.2 Å². The second-order valence-corrected chi connectivity index (χ2v) is 9.46. The van der Waals surface area contributed by atoms with Crippen LogP contribution in [0.1, 0.15) is 18.1 Å². The number of piperazine rings is 1. The van der Waals surface area contributed by atoms with E-state index in [0.29, 0.717) is 36.8 Å². The average Bonchev–Trinajstić information content (AvgIpc) is 2.71. The van der Waals surface area contributed by atoms with Crippen LogP contribution in [0.5, 0.6) is 0 Å². The van der Waals surface area contributed by atoms with E-state index in [1.807, 2.05) is 26.0 Å². The van der Waals surface area contributed by atoms with E-state index >= 15 is 0 Å². The highest BCUT2D eigenvalue weighted by Crippen LogP contribution is 2.21. The molecular weight excluding hydrogens is 393 g/mol. The third-order valence-electron chi connectivity index (χ3n) is 5.44. The number of sulfonamides is 1. The zero-order valence-corrected chi connectivity index (χ0v) is 17.7. The van der Waals surface area contributed by atoms with Crippen molar-refractivity contribution in [2.75, 3.05) is 31.5 Å². The van der Waals surface area contributed by atoms with Gasteiger partial charge in [-0.15, -0.1) is 0 Å². The number of carbonyl (C=O) groups is 1. The highest BCUT2D eigenvalue weighted by atomic mass is 32.2. The second-order valence-electron chi connectivity index (χ2n) is 7.55. The zero-order chi connectivity index (χ0) is 21.2. The van der Waals surface area contributed by atoms with Gasteiger partial charge in [0.05, 0.1) is 31.1 Å². The van der Waals surface area contributed by atoms with Crippen molar-refractivity contribution >= 4 is 21.6 Å². The van der Waals surface area contributed by atoms with Crippen molar-refractivity contribution in [1.82, 2.24) is 4.31 Å². The Kier molecular flexibility index (Phi) is 6.36. The summed E-state index contributed by atoms with van der Waals surface area (Å²) in [7, 11) is -3.55. The maximum atomic E-state index is 13.0. The summed E-state index contributed by atoms with van der Waals surface area (Å²) in [5.41, 5.74) is 2.18. The molecule has 2 aromatic rings. The van der Waals surface area contributed by atoms with Crippen LogP contribution in [-0.2, 0) is 14.8 Å². The van der Waals surface area contributed by atoms with Gasteiger partial charge in [0, 0.05) is 5.69 Å². The number of rotatable bonds is 5. The molecule has 3 rings (SSSR count). The Balaban J connectivity index is 1.62. The summed E-state index contributed by atoms with van der Waals surface area (Å²) in [5, 5.41) is 2.79. The van der Waals surface area contributed by atoms with Gasteiger partial charge in [0.25, 0.3) is 5.91 Å². The number of hydrogen-bond acceptors (Lipinski definition) is 3. The first-order chi connectivity index (χ1) is 13.7. The SMILES string of the molecule is Cc1ccc(C)c(S(=O)(=O)N2CC[NH+]([C@@H](C)C(=O)Nc3ccc(F)cc3)CC2)c1. The van der Waals surface area contributed by atoms with Gasteiger partial charge in [-0.3, -0.25) is 4.79 Å². The Bertz CT molecular complexity index is 985. The molecule has 0 aliphatic carbocycles. The second kappa shape index (κ2) is 8.61. The number of anilines is 1. The van der Waals surface area contributed by atoms with Crippen LogP contribution in [0, 0.1) is 19.7 Å². The molecule has 0 spiro atoms. The van der Waals surface area contributed by atoms with Crippen molar-refractivity contribution < 1.29 is 22.5 Å². The molecule has 8 heteroatoms. The van der Waals surface area contributed by atoms with Gasteiger partial charge in [-0.2, -0.15) is 4.31 Å². The monoisotopic (exact) mass is 420 g/mol. The van der Waals surface area contributed by atoms with Crippen LogP contribution in [0.15, 0.2) is 47.4 Å². The van der Waals surface area contributed by atoms with E-state index in [1.54, 1.807) is 13.0 Å². The molecule has 0 aromatic heterocycles. The fourth-order valence-electron chi connectivity index (χ4n) is 3.54. The molecule has 1 saturated heterocycles. The molecule has 156 valence electrons. The summed E-state index contributed by atoms with van der Waals surface area (Å²) in [6, 6.07) is 10.7. The summed E-state index contributed by atoms with van der Waals surface area (Å²) < 4.78 is 40.6. The van der Waals surface area contributed by atoms with E-state index in [9.17, 15) is 17.6 Å². The predicted octanol–water partition coefficient (Wildman–Crippen LogP) is 1.36. The molecule has 29 heavy (non-hydrogen) atoms. The number of benzene rings is 2. The molecule has 1 fully saturated rings. The number of nitrogens with zero attached hydrogens (tertiary/aromatic N) is 1. The molecular formula is C21H27FN3O3S+. The maximum absolute atomic E-state index is 13.0. The number of carbonyl (C=O) groups excluding carboxylic acids is 1. The molecule has 1 atom stereocenters. The minimum atomic E-state index is -3.55. The van der Waals surface area contributed by atoms with Gasteiger partial charge >= 0.3 is 0 Å². The first-order valence-corrected chi connectivity index (χ1v) is 11.1. The number of halogens is 1. The van der Waals surface area contributed by atoms with Crippen molar-refractivity contribution in [2.24, 2.45) is 0 Å². The minimum absolute atomic E-state index is 0.169. The van der Waals surface area contributed by atoms with Crippen LogP contribution >= 0.6 is 0 Å². The molecule has 1 amide bonds. The highest BCUT2D eigenvalue weighted by molar-refractivity contribution is 7.89. The third kappa shape index (κ3) is 4.83. The van der Waals surface area contributed by atoms with E-state index < -0.39 is 10.0 Å². The van der Waals surface area contributed by atoms with Gasteiger partial charge in [-0.05, 0) is 62.2 Å². The molecule has 0 bridgehead atoms. The van der Waals surface area contributed by atoms with E-state index in [4.69, 9.17) is 0 Å². The van der Waals surface area contributed by atoms with Crippen LogP contribution in [0.3, 0.4) is 0 Å². The highest BCUT2D eigenvalue weighted by Gasteiger charge is 2.35. The molecule has 1 aliphatic rings. The van der Waals surface area contributed by atoms with Crippen LogP contribution < -0.4 is 10.2 Å². The van der Waals surface area contributed by atoms with Gasteiger partial charge in [0.15, 0.2) is 6.04 Å². The molecule has 2 N–H and O–H groups in total. The normalized spacial score (nSPS) is 17.1. The summed E-state index contributed by atoms with van der Waals surface area (Å²) in [4.78, 5) is 13.9. The van der Waals surface area contributed by atoms with E-state index in [0.717, 1.165) is 16.0 Å². The quantitative estimate of drug-likeness (QED) is 0.767. The number of hydrogen-bond donors (Lipinski definition) is 2.